The SMILES string of the molecule is CCOC(CN)c1cc(Br)c(C)s1. The van der Waals surface area contributed by atoms with Gasteiger partial charge in [-0.25, -0.2) is 0 Å². The van der Waals surface area contributed by atoms with Crippen molar-refractivity contribution < 1.29 is 4.74 Å². The molecule has 0 aliphatic rings. The van der Waals surface area contributed by atoms with Gasteiger partial charge in [0.05, 0.1) is 0 Å². The Morgan fingerprint density at radius 3 is 2.77 bits per heavy atom. The van der Waals surface area contributed by atoms with E-state index in [0.29, 0.717) is 13.2 Å². The molecule has 1 atom stereocenters. The van der Waals surface area contributed by atoms with Crippen molar-refractivity contribution in [3.63, 3.8) is 0 Å². The fourth-order valence-electron chi connectivity index (χ4n) is 1.11. The van der Waals surface area contributed by atoms with Gasteiger partial charge in [0.2, 0.25) is 0 Å². The van der Waals surface area contributed by atoms with Crippen molar-refractivity contribution in [1.29, 1.82) is 0 Å². The summed E-state index contributed by atoms with van der Waals surface area (Å²) in [4.78, 5) is 2.47. The lowest BCUT2D eigenvalue weighted by molar-refractivity contribution is 0.0713. The molecule has 0 aromatic carbocycles. The van der Waals surface area contributed by atoms with Crippen LogP contribution in [-0.2, 0) is 4.74 Å². The molecule has 2 N–H and O–H groups in total. The lowest BCUT2D eigenvalue weighted by Gasteiger charge is -2.12. The zero-order chi connectivity index (χ0) is 9.84. The van der Waals surface area contributed by atoms with Crippen LogP contribution in [0.3, 0.4) is 0 Å². The van der Waals surface area contributed by atoms with Crippen LogP contribution in [0.2, 0.25) is 0 Å². The number of halogens is 1. The van der Waals surface area contributed by atoms with E-state index in [2.05, 4.69) is 28.9 Å². The van der Waals surface area contributed by atoms with Crippen molar-refractivity contribution in [2.24, 2.45) is 5.73 Å². The average Bonchev–Trinajstić information content (AvgIpc) is 2.43. The number of ether oxygens (including phenoxy) is 1. The highest BCUT2D eigenvalue weighted by molar-refractivity contribution is 9.10. The highest BCUT2D eigenvalue weighted by Gasteiger charge is 2.13. The van der Waals surface area contributed by atoms with Crippen LogP contribution < -0.4 is 5.73 Å². The molecule has 1 aromatic heterocycles. The van der Waals surface area contributed by atoms with Crippen LogP contribution in [0.15, 0.2) is 10.5 Å². The van der Waals surface area contributed by atoms with E-state index in [1.165, 1.54) is 9.75 Å². The summed E-state index contributed by atoms with van der Waals surface area (Å²) in [6.45, 7) is 5.31. The zero-order valence-electron chi connectivity index (χ0n) is 7.84. The van der Waals surface area contributed by atoms with E-state index < -0.39 is 0 Å². The Balaban J connectivity index is 2.78. The quantitative estimate of drug-likeness (QED) is 0.907. The van der Waals surface area contributed by atoms with E-state index in [1.807, 2.05) is 6.92 Å². The zero-order valence-corrected chi connectivity index (χ0v) is 10.2. The van der Waals surface area contributed by atoms with Crippen molar-refractivity contribution in [3.8, 4) is 0 Å². The number of aryl methyl sites for hydroxylation is 1. The second-order valence-corrected chi connectivity index (χ2v) is 4.87. The summed E-state index contributed by atoms with van der Waals surface area (Å²) in [5.41, 5.74) is 5.62. The summed E-state index contributed by atoms with van der Waals surface area (Å²) in [6.07, 6.45) is 0.0556. The highest BCUT2D eigenvalue weighted by atomic mass is 79.9. The monoisotopic (exact) mass is 263 g/mol. The average molecular weight is 264 g/mol. The second kappa shape index (κ2) is 5.10. The summed E-state index contributed by atoms with van der Waals surface area (Å²) in [7, 11) is 0. The van der Waals surface area contributed by atoms with E-state index in [1.54, 1.807) is 11.3 Å². The molecule has 0 radical (unpaired) electrons. The molecule has 0 spiro atoms. The lowest BCUT2D eigenvalue weighted by atomic mass is 10.3. The Hall–Kier alpha value is 0.1000. The first-order valence-electron chi connectivity index (χ1n) is 4.26. The number of nitrogens with two attached hydrogens (primary N) is 1. The third kappa shape index (κ3) is 2.77. The summed E-state index contributed by atoms with van der Waals surface area (Å²) >= 11 is 5.21. The molecule has 1 aromatic rings. The molecule has 0 fully saturated rings. The van der Waals surface area contributed by atoms with Crippen molar-refractivity contribution in [1.82, 2.24) is 0 Å². The van der Waals surface area contributed by atoms with E-state index >= 15 is 0 Å². The number of rotatable bonds is 4. The normalized spacial score (nSPS) is 13.2. The summed E-state index contributed by atoms with van der Waals surface area (Å²) in [5.74, 6) is 0. The maximum absolute atomic E-state index is 5.62. The molecule has 0 bridgehead atoms. The highest BCUT2D eigenvalue weighted by Crippen LogP contribution is 2.31. The van der Waals surface area contributed by atoms with Gasteiger partial charge in [0, 0.05) is 27.4 Å². The third-order valence-electron chi connectivity index (χ3n) is 1.78. The van der Waals surface area contributed by atoms with Gasteiger partial charge in [0.1, 0.15) is 6.10 Å². The van der Waals surface area contributed by atoms with Gasteiger partial charge in [-0.05, 0) is 35.8 Å². The summed E-state index contributed by atoms with van der Waals surface area (Å²) < 4.78 is 6.65. The fourth-order valence-corrected chi connectivity index (χ4v) is 2.73. The molecule has 13 heavy (non-hydrogen) atoms. The van der Waals surface area contributed by atoms with Crippen LogP contribution in [0.5, 0.6) is 0 Å². The molecule has 1 heterocycles. The minimum Gasteiger partial charge on any atom is -0.372 e. The number of thiophene rings is 1. The molecular formula is C9H14BrNOS. The van der Waals surface area contributed by atoms with Crippen molar-refractivity contribution in [2.45, 2.75) is 20.0 Å². The smallest absolute Gasteiger partial charge is 0.104 e. The number of hydrogen-bond acceptors (Lipinski definition) is 3. The predicted molar refractivity (Wildman–Crippen MR) is 60.2 cm³/mol. The third-order valence-corrected chi connectivity index (χ3v) is 4.00. The summed E-state index contributed by atoms with van der Waals surface area (Å²) in [6, 6.07) is 2.09. The van der Waals surface area contributed by atoms with Gasteiger partial charge < -0.3 is 10.5 Å². The first-order chi connectivity index (χ1) is 6.19. The number of hydrogen-bond donors (Lipinski definition) is 1. The molecule has 2 nitrogen and oxygen atoms in total. The van der Waals surface area contributed by atoms with Crippen LogP contribution in [0.1, 0.15) is 22.8 Å². The molecule has 0 amide bonds. The maximum Gasteiger partial charge on any atom is 0.104 e. The molecule has 4 heteroatoms. The van der Waals surface area contributed by atoms with Gasteiger partial charge in [-0.15, -0.1) is 11.3 Å². The molecule has 0 saturated heterocycles. The lowest BCUT2D eigenvalue weighted by Crippen LogP contribution is -2.14. The van der Waals surface area contributed by atoms with Gasteiger partial charge >= 0.3 is 0 Å². The maximum atomic E-state index is 5.62. The first-order valence-corrected chi connectivity index (χ1v) is 5.87. The minimum absolute atomic E-state index is 0.0556. The summed E-state index contributed by atoms with van der Waals surface area (Å²) in [5, 5.41) is 0. The standard InChI is InChI=1S/C9H14BrNOS/c1-3-12-8(5-11)9-4-7(10)6(2)13-9/h4,8H,3,5,11H2,1-2H3. The Morgan fingerprint density at radius 1 is 1.69 bits per heavy atom. The van der Waals surface area contributed by atoms with E-state index in [9.17, 15) is 0 Å². The molecular weight excluding hydrogens is 250 g/mol. The van der Waals surface area contributed by atoms with Gasteiger partial charge in [0.15, 0.2) is 0 Å². The van der Waals surface area contributed by atoms with Crippen LogP contribution in [-0.4, -0.2) is 13.2 Å². The van der Waals surface area contributed by atoms with E-state index in [0.717, 1.165) is 4.47 Å². The molecule has 1 rings (SSSR count). The first kappa shape index (κ1) is 11.2. The topological polar surface area (TPSA) is 35.2 Å². The van der Waals surface area contributed by atoms with Gasteiger partial charge in [0.25, 0.3) is 0 Å². The fraction of sp³-hybridized carbons (Fsp3) is 0.556. The van der Waals surface area contributed by atoms with Crippen LogP contribution in [0, 0.1) is 6.92 Å². The minimum atomic E-state index is 0.0556. The molecule has 74 valence electrons. The second-order valence-electron chi connectivity index (χ2n) is 2.73. The van der Waals surface area contributed by atoms with Crippen LogP contribution in [0.4, 0.5) is 0 Å². The molecule has 0 saturated carbocycles. The molecule has 1 unspecified atom stereocenters. The van der Waals surface area contributed by atoms with E-state index in [4.69, 9.17) is 10.5 Å². The molecule has 0 aliphatic carbocycles. The van der Waals surface area contributed by atoms with Crippen LogP contribution >= 0.6 is 27.3 Å². The predicted octanol–water partition coefficient (Wildman–Crippen LogP) is 2.86. The Bertz CT molecular complexity index is 255. The van der Waals surface area contributed by atoms with Crippen molar-refractivity contribution in [3.05, 3.63) is 20.3 Å². The Kier molecular flexibility index (Phi) is 4.38. The molecule has 0 aliphatic heterocycles. The van der Waals surface area contributed by atoms with E-state index in [-0.39, 0.29) is 6.10 Å². The van der Waals surface area contributed by atoms with Gasteiger partial charge in [-0.1, -0.05) is 0 Å². The Morgan fingerprint density at radius 2 is 2.38 bits per heavy atom. The van der Waals surface area contributed by atoms with Crippen LogP contribution in [0.25, 0.3) is 0 Å². The van der Waals surface area contributed by atoms with Crippen molar-refractivity contribution in [2.75, 3.05) is 13.2 Å². The van der Waals surface area contributed by atoms with Gasteiger partial charge in [-0.3, -0.25) is 0 Å². The Labute approximate surface area is 91.2 Å². The van der Waals surface area contributed by atoms with Crippen molar-refractivity contribution >= 4 is 27.3 Å². The van der Waals surface area contributed by atoms with Gasteiger partial charge in [-0.2, -0.15) is 0 Å². The largest absolute Gasteiger partial charge is 0.372 e.